The molecule has 0 saturated heterocycles. The van der Waals surface area contributed by atoms with E-state index in [1.807, 2.05) is 42.5 Å². The van der Waals surface area contributed by atoms with Crippen LogP contribution in [0.3, 0.4) is 0 Å². The first-order chi connectivity index (χ1) is 8.70. The number of hydrogen-bond donors (Lipinski definition) is 0. The number of ether oxygens (including phenoxy) is 1. The molecule has 2 aromatic carbocycles. The number of rotatable bonds is 4. The third kappa shape index (κ3) is 2.86. The van der Waals surface area contributed by atoms with Crippen molar-refractivity contribution in [1.82, 2.24) is 0 Å². The predicted molar refractivity (Wildman–Crippen MR) is 68.9 cm³/mol. The zero-order chi connectivity index (χ0) is 13.0. The number of benzene rings is 2. The minimum atomic E-state index is -0.689. The van der Waals surface area contributed by atoms with E-state index in [0.717, 1.165) is 16.3 Å². The van der Waals surface area contributed by atoms with Gasteiger partial charge in [0.1, 0.15) is 13.3 Å². The molecular weight excluding hydrogens is 231 g/mol. The van der Waals surface area contributed by atoms with Crippen molar-refractivity contribution < 1.29 is 13.9 Å². The maximum absolute atomic E-state index is 12.3. The largest absolute Gasteiger partial charge is 0.461 e. The van der Waals surface area contributed by atoms with Gasteiger partial charge in [0, 0.05) is 0 Å². The van der Waals surface area contributed by atoms with Crippen LogP contribution in [0.15, 0.2) is 42.5 Å². The fraction of sp³-hybridized carbons (Fsp3) is 0.267. The van der Waals surface area contributed by atoms with E-state index >= 15 is 0 Å². The second kappa shape index (κ2) is 5.63. The summed E-state index contributed by atoms with van der Waals surface area (Å²) < 4.78 is 17.3. The lowest BCUT2D eigenvalue weighted by Gasteiger charge is -2.08. The molecule has 0 heterocycles. The summed E-state index contributed by atoms with van der Waals surface area (Å²) >= 11 is 0. The highest BCUT2D eigenvalue weighted by molar-refractivity contribution is 5.83. The average Bonchev–Trinajstić information content (AvgIpc) is 2.43. The Morgan fingerprint density at radius 3 is 2.67 bits per heavy atom. The monoisotopic (exact) mass is 246 g/mol. The van der Waals surface area contributed by atoms with Crippen LogP contribution >= 0.6 is 0 Å². The Labute approximate surface area is 105 Å². The fourth-order valence-electron chi connectivity index (χ4n) is 1.69. The molecule has 0 amide bonds. The number of carbonyl (C=O) groups is 1. The molecule has 2 aromatic rings. The van der Waals surface area contributed by atoms with Crippen molar-refractivity contribution in [2.75, 3.05) is 6.67 Å². The van der Waals surface area contributed by atoms with E-state index in [2.05, 4.69) is 0 Å². The van der Waals surface area contributed by atoms with Crippen LogP contribution in [-0.4, -0.2) is 12.6 Å². The molecule has 2 rings (SSSR count). The lowest BCUT2D eigenvalue weighted by molar-refractivity contribution is -0.149. The molecule has 0 saturated carbocycles. The van der Waals surface area contributed by atoms with Crippen molar-refractivity contribution in [1.29, 1.82) is 0 Å². The highest BCUT2D eigenvalue weighted by Crippen LogP contribution is 2.16. The van der Waals surface area contributed by atoms with Crippen LogP contribution < -0.4 is 0 Å². The number of alkyl halides is 1. The maximum Gasteiger partial charge on any atom is 0.311 e. The van der Waals surface area contributed by atoms with E-state index in [1.165, 1.54) is 6.92 Å². The van der Waals surface area contributed by atoms with Gasteiger partial charge in [0.15, 0.2) is 0 Å². The minimum Gasteiger partial charge on any atom is -0.461 e. The van der Waals surface area contributed by atoms with Gasteiger partial charge in [-0.25, -0.2) is 0 Å². The molecule has 3 heteroatoms. The van der Waals surface area contributed by atoms with Crippen LogP contribution in [-0.2, 0) is 16.1 Å². The Balaban J connectivity index is 2.06. The third-order valence-corrected chi connectivity index (χ3v) is 2.83. The molecule has 0 aliphatic rings. The third-order valence-electron chi connectivity index (χ3n) is 2.83. The van der Waals surface area contributed by atoms with Crippen LogP contribution in [0.1, 0.15) is 12.5 Å². The van der Waals surface area contributed by atoms with E-state index in [0.29, 0.717) is 0 Å². The topological polar surface area (TPSA) is 26.3 Å². The average molecular weight is 246 g/mol. The van der Waals surface area contributed by atoms with Gasteiger partial charge in [-0.3, -0.25) is 9.18 Å². The van der Waals surface area contributed by atoms with E-state index in [-0.39, 0.29) is 6.61 Å². The zero-order valence-corrected chi connectivity index (χ0v) is 10.2. The number of hydrogen-bond acceptors (Lipinski definition) is 2. The normalized spacial score (nSPS) is 12.3. The predicted octanol–water partition coefficient (Wildman–Crippen LogP) is 3.49. The number of carbonyl (C=O) groups excluding carboxylic acids is 1. The van der Waals surface area contributed by atoms with Gasteiger partial charge in [0.25, 0.3) is 0 Å². The summed E-state index contributed by atoms with van der Waals surface area (Å²) in [5.41, 5.74) is 0.910. The van der Waals surface area contributed by atoms with Crippen molar-refractivity contribution >= 4 is 16.7 Å². The van der Waals surface area contributed by atoms with Crippen molar-refractivity contribution in [3.05, 3.63) is 48.0 Å². The Morgan fingerprint density at radius 1 is 1.22 bits per heavy atom. The van der Waals surface area contributed by atoms with E-state index in [1.54, 1.807) is 0 Å². The molecule has 0 fully saturated rings. The molecule has 0 spiro atoms. The molecule has 0 aliphatic heterocycles. The lowest BCUT2D eigenvalue weighted by Crippen LogP contribution is -2.16. The molecule has 1 atom stereocenters. The van der Waals surface area contributed by atoms with Gasteiger partial charge in [-0.15, -0.1) is 0 Å². The summed E-state index contributed by atoms with van der Waals surface area (Å²) in [7, 11) is 0. The van der Waals surface area contributed by atoms with E-state index < -0.39 is 18.6 Å². The Kier molecular flexibility index (Phi) is 3.92. The van der Waals surface area contributed by atoms with Gasteiger partial charge >= 0.3 is 5.97 Å². The summed E-state index contributed by atoms with van der Waals surface area (Å²) in [4.78, 5) is 11.3. The van der Waals surface area contributed by atoms with E-state index in [9.17, 15) is 9.18 Å². The smallest absolute Gasteiger partial charge is 0.311 e. The van der Waals surface area contributed by atoms with Crippen LogP contribution in [0.2, 0.25) is 0 Å². The van der Waals surface area contributed by atoms with Crippen LogP contribution in [0, 0.1) is 5.92 Å². The zero-order valence-electron chi connectivity index (χ0n) is 10.2. The van der Waals surface area contributed by atoms with Gasteiger partial charge in [-0.1, -0.05) is 36.4 Å². The van der Waals surface area contributed by atoms with E-state index in [4.69, 9.17) is 4.74 Å². The quantitative estimate of drug-likeness (QED) is 0.772. The molecule has 2 nitrogen and oxygen atoms in total. The van der Waals surface area contributed by atoms with Crippen molar-refractivity contribution in [3.8, 4) is 0 Å². The fourth-order valence-corrected chi connectivity index (χ4v) is 1.69. The summed E-state index contributed by atoms with van der Waals surface area (Å²) in [5.74, 6) is -1.18. The molecule has 18 heavy (non-hydrogen) atoms. The second-order valence-electron chi connectivity index (χ2n) is 4.34. The molecule has 0 radical (unpaired) electrons. The van der Waals surface area contributed by atoms with Crippen molar-refractivity contribution in [2.24, 2.45) is 5.92 Å². The van der Waals surface area contributed by atoms with Crippen LogP contribution in [0.5, 0.6) is 0 Å². The molecule has 0 N–H and O–H groups in total. The maximum atomic E-state index is 12.3. The standard InChI is InChI=1S/C15H15FO2/c1-11(9-16)15(17)18-10-12-6-7-13-4-2-3-5-14(13)8-12/h2-8,11H,9-10H2,1H3. The highest BCUT2D eigenvalue weighted by atomic mass is 19.1. The van der Waals surface area contributed by atoms with Crippen molar-refractivity contribution in [3.63, 3.8) is 0 Å². The lowest BCUT2D eigenvalue weighted by atomic mass is 10.1. The second-order valence-corrected chi connectivity index (χ2v) is 4.34. The minimum absolute atomic E-state index is 0.188. The molecule has 0 aliphatic carbocycles. The van der Waals surface area contributed by atoms with Gasteiger partial charge in [0.2, 0.25) is 0 Å². The molecule has 94 valence electrons. The van der Waals surface area contributed by atoms with Crippen molar-refractivity contribution in [2.45, 2.75) is 13.5 Å². The molecule has 0 bridgehead atoms. The first kappa shape index (κ1) is 12.6. The Morgan fingerprint density at radius 2 is 1.94 bits per heavy atom. The molecule has 0 aromatic heterocycles. The summed E-state index contributed by atoms with van der Waals surface area (Å²) in [5, 5.41) is 2.24. The summed E-state index contributed by atoms with van der Waals surface area (Å²) in [6.07, 6.45) is 0. The van der Waals surface area contributed by atoms with Crippen LogP contribution in [0.25, 0.3) is 10.8 Å². The highest BCUT2D eigenvalue weighted by Gasteiger charge is 2.13. The molecule has 1 unspecified atom stereocenters. The molecular formula is C15H15FO2. The summed E-state index contributed by atoms with van der Waals surface area (Å²) in [6.45, 7) is 1.02. The first-order valence-electron chi connectivity index (χ1n) is 5.91. The number of fused-ring (bicyclic) bond motifs is 1. The van der Waals surface area contributed by atoms with Crippen LogP contribution in [0.4, 0.5) is 4.39 Å². The number of halogens is 1. The first-order valence-corrected chi connectivity index (χ1v) is 5.91. The SMILES string of the molecule is CC(CF)C(=O)OCc1ccc2ccccc2c1. The van der Waals surface area contributed by atoms with Gasteiger partial charge < -0.3 is 4.74 Å². The van der Waals surface area contributed by atoms with Gasteiger partial charge in [-0.05, 0) is 29.3 Å². The van der Waals surface area contributed by atoms with Gasteiger partial charge in [0.05, 0.1) is 5.92 Å². The Bertz CT molecular complexity index is 551. The number of esters is 1. The van der Waals surface area contributed by atoms with Gasteiger partial charge in [-0.2, -0.15) is 0 Å². The summed E-state index contributed by atoms with van der Waals surface area (Å²) in [6, 6.07) is 13.8. The Hall–Kier alpha value is -1.90.